The first kappa shape index (κ1) is 8.47. The average molecular weight is 185 g/mol. The van der Waals surface area contributed by atoms with Gasteiger partial charge in [0.25, 0.3) is 0 Å². The van der Waals surface area contributed by atoms with Crippen LogP contribution in [-0.4, -0.2) is 32.6 Å². The Morgan fingerprint density at radius 3 is 2.73 bits per heavy atom. The van der Waals surface area contributed by atoms with Gasteiger partial charge in [0.2, 0.25) is 0 Å². The van der Waals surface area contributed by atoms with Crippen LogP contribution in [0, 0.1) is 0 Å². The van der Waals surface area contributed by atoms with E-state index in [2.05, 4.69) is 13.8 Å². The fourth-order valence-electron chi connectivity index (χ4n) is 0.478. The molecule has 2 radical (unpaired) electrons. The van der Waals surface area contributed by atoms with Crippen molar-refractivity contribution in [2.75, 3.05) is 0 Å². The smallest absolute Gasteiger partial charge is 0.485 e. The molecule has 0 fully saturated rings. The van der Waals surface area contributed by atoms with Gasteiger partial charge < -0.3 is 3.79 Å². The zero-order valence-electron chi connectivity index (χ0n) is 5.32. The SMILES string of the molecule is O=C([O][Al])c1cnc(Cl)cn1. The molecule has 1 aromatic rings. The standard InChI is InChI=1S/C5H3ClN2O2.Al/c6-4-2-7-3(1-8-4)5(9)10;/h1-2H,(H,9,10);/q;+1/p-1. The van der Waals surface area contributed by atoms with Crippen LogP contribution in [0.4, 0.5) is 0 Å². The zero-order chi connectivity index (χ0) is 8.27. The summed E-state index contributed by atoms with van der Waals surface area (Å²) in [5.41, 5.74) is 0.129. The van der Waals surface area contributed by atoms with Crippen LogP contribution in [0.5, 0.6) is 0 Å². The van der Waals surface area contributed by atoms with Crippen LogP contribution in [0.15, 0.2) is 12.4 Å². The molecule has 0 amide bonds. The summed E-state index contributed by atoms with van der Waals surface area (Å²) in [5, 5.41) is 0.241. The van der Waals surface area contributed by atoms with Crippen molar-refractivity contribution < 1.29 is 8.58 Å². The number of carbonyl (C=O) groups is 1. The first-order chi connectivity index (χ1) is 5.24. The van der Waals surface area contributed by atoms with E-state index >= 15 is 0 Å². The molecule has 1 aromatic heterocycles. The molecule has 0 saturated carbocycles. The van der Waals surface area contributed by atoms with E-state index in [1.165, 1.54) is 12.4 Å². The maximum Gasteiger partial charge on any atom is 0.485 e. The normalized spacial score (nSPS) is 9.18. The minimum absolute atomic E-state index is 0.129. The molecule has 0 aliphatic heterocycles. The quantitative estimate of drug-likeness (QED) is 0.592. The summed E-state index contributed by atoms with van der Waals surface area (Å²) in [6.07, 6.45) is 2.52. The Hall–Kier alpha value is -0.628. The highest BCUT2D eigenvalue weighted by Crippen LogP contribution is 2.01. The molecule has 6 heteroatoms. The van der Waals surface area contributed by atoms with Crippen LogP contribution in [0.25, 0.3) is 0 Å². The molecule has 0 bridgehead atoms. The molecule has 1 heterocycles. The van der Waals surface area contributed by atoms with E-state index in [1.807, 2.05) is 16.6 Å². The van der Waals surface area contributed by atoms with Gasteiger partial charge in [0.15, 0.2) is 5.69 Å². The molecule has 54 valence electrons. The number of hydrogen-bond donors (Lipinski definition) is 0. The van der Waals surface area contributed by atoms with Crippen molar-refractivity contribution in [1.29, 1.82) is 0 Å². The summed E-state index contributed by atoms with van der Waals surface area (Å²) >= 11 is 7.26. The summed E-state index contributed by atoms with van der Waals surface area (Å²) in [6, 6.07) is 0. The fourth-order valence-corrected chi connectivity index (χ4v) is 0.696. The van der Waals surface area contributed by atoms with Crippen molar-refractivity contribution in [3.8, 4) is 0 Å². The highest BCUT2D eigenvalue weighted by atomic mass is 35.5. The summed E-state index contributed by atoms with van der Waals surface area (Å²) in [7, 11) is 0. The van der Waals surface area contributed by atoms with Gasteiger partial charge in [0, 0.05) is 0 Å². The lowest BCUT2D eigenvalue weighted by Gasteiger charge is -1.97. The van der Waals surface area contributed by atoms with Crippen LogP contribution in [0.2, 0.25) is 5.15 Å². The summed E-state index contributed by atoms with van der Waals surface area (Å²) in [5.74, 6) is -0.556. The first-order valence-electron chi connectivity index (χ1n) is 2.62. The number of rotatable bonds is 1. The maximum absolute atomic E-state index is 10.7. The molecular weight excluding hydrogens is 183 g/mol. The van der Waals surface area contributed by atoms with Gasteiger partial charge in [0.05, 0.1) is 12.4 Å². The molecule has 0 aliphatic rings. The Morgan fingerprint density at radius 1 is 1.55 bits per heavy atom. The highest BCUT2D eigenvalue weighted by molar-refractivity contribution is 6.29. The van der Waals surface area contributed by atoms with Gasteiger partial charge in [-0.2, -0.15) is 0 Å². The van der Waals surface area contributed by atoms with E-state index in [9.17, 15) is 4.79 Å². The first-order valence-corrected chi connectivity index (χ1v) is 3.47. The Bertz CT molecular complexity index is 264. The third-order valence-electron chi connectivity index (χ3n) is 0.937. The monoisotopic (exact) mass is 184 g/mol. The summed E-state index contributed by atoms with van der Waals surface area (Å²) in [6.45, 7) is 0. The number of halogens is 1. The number of hydrogen-bond acceptors (Lipinski definition) is 4. The van der Waals surface area contributed by atoms with Gasteiger partial charge in [-0.3, -0.25) is 0 Å². The lowest BCUT2D eigenvalue weighted by Crippen LogP contribution is -2.04. The van der Waals surface area contributed by atoms with E-state index in [0.717, 1.165) is 0 Å². The lowest BCUT2D eigenvalue weighted by atomic mass is 10.5. The maximum atomic E-state index is 10.7. The number of nitrogens with zero attached hydrogens (tertiary/aromatic N) is 2. The molecule has 0 spiro atoms. The van der Waals surface area contributed by atoms with Crippen molar-refractivity contribution in [3.63, 3.8) is 0 Å². The molecule has 1 rings (SSSR count). The van der Waals surface area contributed by atoms with Crippen LogP contribution in [0.3, 0.4) is 0 Å². The van der Waals surface area contributed by atoms with Crippen molar-refractivity contribution in [2.24, 2.45) is 0 Å². The molecule has 11 heavy (non-hydrogen) atoms. The Kier molecular flexibility index (Phi) is 2.83. The van der Waals surface area contributed by atoms with Crippen LogP contribution in [-0.2, 0) is 3.79 Å². The Morgan fingerprint density at radius 2 is 2.27 bits per heavy atom. The predicted octanol–water partition coefficient (Wildman–Crippen LogP) is 0.370. The van der Waals surface area contributed by atoms with Crippen molar-refractivity contribution in [3.05, 3.63) is 23.2 Å². The fraction of sp³-hybridized carbons (Fsp3) is 0. The van der Waals surface area contributed by atoms with Gasteiger partial charge in [-0.05, 0) is 0 Å². The number of aromatic nitrogens is 2. The second kappa shape index (κ2) is 3.67. The highest BCUT2D eigenvalue weighted by Gasteiger charge is 2.04. The largest absolute Gasteiger partial charge is 0.623 e. The van der Waals surface area contributed by atoms with Crippen LogP contribution >= 0.6 is 11.6 Å². The third-order valence-corrected chi connectivity index (χ3v) is 1.35. The molecule has 4 nitrogen and oxygen atoms in total. The summed E-state index contributed by atoms with van der Waals surface area (Å²) in [4.78, 5) is 18.0. The van der Waals surface area contributed by atoms with Gasteiger partial charge in [-0.1, -0.05) is 11.6 Å². The minimum Gasteiger partial charge on any atom is -0.623 e. The molecule has 0 saturated heterocycles. The molecule has 0 aliphatic carbocycles. The van der Waals surface area contributed by atoms with E-state index in [-0.39, 0.29) is 10.8 Å². The molecular formula is C5H2AlClN2O2. The van der Waals surface area contributed by atoms with Gasteiger partial charge in [0.1, 0.15) is 5.15 Å². The van der Waals surface area contributed by atoms with Crippen molar-refractivity contribution >= 4 is 34.2 Å². The van der Waals surface area contributed by atoms with Crippen LogP contribution < -0.4 is 0 Å². The molecule has 0 atom stereocenters. The Balaban J connectivity index is 2.90. The van der Waals surface area contributed by atoms with E-state index in [0.29, 0.717) is 0 Å². The van der Waals surface area contributed by atoms with Crippen molar-refractivity contribution in [1.82, 2.24) is 9.97 Å². The Labute approximate surface area is 76.3 Å². The molecule has 0 aromatic carbocycles. The lowest BCUT2D eigenvalue weighted by molar-refractivity contribution is 0.0743. The second-order valence-corrected chi connectivity index (χ2v) is 2.25. The number of carbonyl (C=O) groups excluding carboxylic acids is 1. The summed E-state index contributed by atoms with van der Waals surface area (Å²) < 4.78 is 4.31. The molecule has 0 unspecified atom stereocenters. The van der Waals surface area contributed by atoms with E-state index < -0.39 is 5.97 Å². The average Bonchev–Trinajstić information content (AvgIpc) is 2.05. The van der Waals surface area contributed by atoms with Crippen LogP contribution in [0.1, 0.15) is 10.5 Å². The van der Waals surface area contributed by atoms with Gasteiger partial charge >= 0.3 is 22.6 Å². The van der Waals surface area contributed by atoms with Crippen molar-refractivity contribution in [2.45, 2.75) is 0 Å². The predicted molar refractivity (Wildman–Crippen MR) is 38.2 cm³/mol. The zero-order valence-corrected chi connectivity index (χ0v) is 7.23. The molecule has 0 N–H and O–H groups in total. The van der Waals surface area contributed by atoms with Gasteiger partial charge in [-0.25, -0.2) is 14.8 Å². The van der Waals surface area contributed by atoms with E-state index in [1.54, 1.807) is 0 Å². The minimum atomic E-state index is -0.556. The van der Waals surface area contributed by atoms with E-state index in [4.69, 9.17) is 11.6 Å². The third kappa shape index (κ3) is 2.16. The second-order valence-electron chi connectivity index (χ2n) is 1.63. The topological polar surface area (TPSA) is 52.1 Å². The van der Waals surface area contributed by atoms with Gasteiger partial charge in [-0.15, -0.1) is 0 Å².